The van der Waals surface area contributed by atoms with Gasteiger partial charge in [-0.1, -0.05) is 39.4 Å². The Morgan fingerprint density at radius 1 is 0.717 bits per heavy atom. The number of hydrogen-bond acceptors (Lipinski definition) is 10. The molecule has 2 saturated carbocycles. The van der Waals surface area contributed by atoms with Crippen LogP contribution in [-0.2, 0) is 43.3 Å². The molecule has 10 fully saturated rings. The average Bonchev–Trinajstić information content (AvgIpc) is 3.38. The van der Waals surface area contributed by atoms with Crippen LogP contribution >= 0.6 is 0 Å². The summed E-state index contributed by atoms with van der Waals surface area (Å²) in [4.78, 5) is 30.9. The van der Waals surface area contributed by atoms with Crippen molar-refractivity contribution in [2.24, 2.45) is 52.5 Å². The number of rotatable bonds is 6. The predicted octanol–water partition coefficient (Wildman–Crippen LogP) is 6.83. The van der Waals surface area contributed by atoms with E-state index in [9.17, 15) is 0 Å². The van der Waals surface area contributed by atoms with Crippen molar-refractivity contribution in [1.29, 1.82) is 0 Å². The molecule has 0 N–H and O–H groups in total. The Balaban J connectivity index is 1.12. The van der Waals surface area contributed by atoms with Gasteiger partial charge in [0.2, 0.25) is 11.6 Å². The van der Waals surface area contributed by atoms with Gasteiger partial charge < -0.3 is 23.8 Å². The van der Waals surface area contributed by atoms with Crippen molar-refractivity contribution in [3.05, 3.63) is 12.2 Å². The first kappa shape index (κ1) is 32.1. The normalized spacial score (nSPS) is 55.9. The quantitative estimate of drug-likeness (QED) is 0.133. The summed E-state index contributed by atoms with van der Waals surface area (Å²) in [7, 11) is 0. The number of oxime groups is 1. The van der Waals surface area contributed by atoms with Gasteiger partial charge in [-0.15, -0.1) is 0 Å². The zero-order valence-electron chi connectivity index (χ0n) is 28.8. The Labute approximate surface area is 274 Å². The van der Waals surface area contributed by atoms with Crippen LogP contribution in [0, 0.1) is 47.3 Å². The molecule has 0 aromatic heterocycles. The lowest BCUT2D eigenvalue weighted by Crippen LogP contribution is -2.71. The van der Waals surface area contributed by atoms with Crippen LogP contribution in [-0.4, -0.2) is 59.9 Å². The van der Waals surface area contributed by atoms with Crippen molar-refractivity contribution in [3.8, 4) is 0 Å². The van der Waals surface area contributed by atoms with Crippen LogP contribution in [0.1, 0.15) is 106 Å². The zero-order valence-corrected chi connectivity index (χ0v) is 28.8. The van der Waals surface area contributed by atoms with Crippen molar-refractivity contribution in [1.82, 2.24) is 0 Å². The van der Waals surface area contributed by atoms with E-state index in [1.807, 2.05) is 20.8 Å². The van der Waals surface area contributed by atoms with E-state index in [0.29, 0.717) is 36.7 Å². The Kier molecular flexibility index (Phi) is 7.82. The van der Waals surface area contributed by atoms with Crippen molar-refractivity contribution < 1.29 is 43.3 Å². The number of ether oxygens (including phenoxy) is 4. The van der Waals surface area contributed by atoms with E-state index in [0.717, 1.165) is 62.7 Å². The Hall–Kier alpha value is -1.11. The largest absolute Gasteiger partial charge is 0.391 e. The second-order valence-electron chi connectivity index (χ2n) is 16.8. The topological polar surface area (TPSA) is 95.4 Å². The molecule has 0 amide bonds. The standard InChI is InChI=1S/C36H55NO9/c1-19(2)18-38-37-28(30-23(6)27-12-10-21(4)25-14-16-34(8)42-32(40-30)36(25,27)46-44-34)17-29-22(5)26-11-9-20(3)24-13-15-33(7)41-31(39-29)35(24,26)45-43-33/h20-27,29-32H,1,9-18H2,2-8H3/b37-28-/t20-,21-,22-,23-,24+,25+,26+,27+,29-,30+,31-,32-,33+,34+,35?,36?/m1/s1. The van der Waals surface area contributed by atoms with Gasteiger partial charge in [0.1, 0.15) is 12.7 Å². The van der Waals surface area contributed by atoms with Gasteiger partial charge in [-0.25, -0.2) is 19.6 Å². The SMILES string of the molecule is C=C(C)CO/N=C(/C[C@H]1O[C@@H]2O[C@]3(C)CC[C@H]4[C@H](C)CC[C@@H]([C@H]1C)C24OO3)[C@H]1O[C@@H]2O[C@]3(C)CC[C@H]4[C@H](C)CC[C@@H]([C@H]1C)C24OO3. The van der Waals surface area contributed by atoms with Gasteiger partial charge in [0.05, 0.1) is 11.8 Å². The smallest absolute Gasteiger partial charge is 0.201 e. The van der Waals surface area contributed by atoms with Gasteiger partial charge in [0, 0.05) is 31.1 Å². The monoisotopic (exact) mass is 645 g/mol. The third-order valence-corrected chi connectivity index (χ3v) is 13.7. The minimum Gasteiger partial charge on any atom is -0.391 e. The first-order valence-corrected chi connectivity index (χ1v) is 18.1. The number of hydrogen-bond donors (Lipinski definition) is 0. The summed E-state index contributed by atoms with van der Waals surface area (Å²) in [6.07, 6.45) is 6.94. The van der Waals surface area contributed by atoms with Crippen molar-refractivity contribution in [2.75, 3.05) is 6.61 Å². The molecule has 8 heterocycles. The fourth-order valence-electron chi connectivity index (χ4n) is 11.1. The van der Waals surface area contributed by atoms with Crippen LogP contribution in [0.5, 0.6) is 0 Å². The Morgan fingerprint density at radius 3 is 1.83 bits per heavy atom. The lowest BCUT2D eigenvalue weighted by Gasteiger charge is -2.61. The fourth-order valence-corrected chi connectivity index (χ4v) is 11.1. The molecule has 10 rings (SSSR count). The first-order chi connectivity index (χ1) is 21.9. The predicted molar refractivity (Wildman–Crippen MR) is 166 cm³/mol. The molecule has 0 aromatic carbocycles. The van der Waals surface area contributed by atoms with E-state index in [-0.39, 0.29) is 35.9 Å². The van der Waals surface area contributed by atoms with Crippen molar-refractivity contribution >= 4 is 5.71 Å². The van der Waals surface area contributed by atoms with Gasteiger partial charge in [-0.05, 0) is 100 Å². The summed E-state index contributed by atoms with van der Waals surface area (Å²) >= 11 is 0. The van der Waals surface area contributed by atoms with E-state index in [1.54, 1.807) is 0 Å². The first-order valence-electron chi connectivity index (χ1n) is 18.1. The van der Waals surface area contributed by atoms with Gasteiger partial charge in [0.15, 0.2) is 23.8 Å². The second kappa shape index (κ2) is 11.2. The van der Waals surface area contributed by atoms with E-state index < -0.39 is 35.4 Å². The lowest BCUT2D eigenvalue weighted by molar-refractivity contribution is -0.571. The molecule has 4 bridgehead atoms. The minimum absolute atomic E-state index is 0.0963. The molecule has 2 unspecified atom stereocenters. The van der Waals surface area contributed by atoms with Crippen LogP contribution in [0.15, 0.2) is 17.3 Å². The molecule has 8 aliphatic heterocycles. The summed E-state index contributed by atoms with van der Waals surface area (Å²) in [6, 6.07) is 0. The summed E-state index contributed by atoms with van der Waals surface area (Å²) in [6.45, 7) is 19.5. The van der Waals surface area contributed by atoms with Crippen LogP contribution in [0.4, 0.5) is 0 Å². The molecule has 2 spiro atoms. The van der Waals surface area contributed by atoms with Crippen LogP contribution in [0.25, 0.3) is 0 Å². The summed E-state index contributed by atoms with van der Waals surface area (Å²) in [5, 5.41) is 4.83. The minimum atomic E-state index is -0.839. The lowest BCUT2D eigenvalue weighted by atomic mass is 9.56. The Morgan fingerprint density at radius 2 is 1.26 bits per heavy atom. The molecule has 0 aromatic rings. The highest BCUT2D eigenvalue weighted by Crippen LogP contribution is 2.63. The van der Waals surface area contributed by atoms with Crippen LogP contribution < -0.4 is 0 Å². The second-order valence-corrected chi connectivity index (χ2v) is 16.8. The maximum atomic E-state index is 7.05. The van der Waals surface area contributed by atoms with Crippen molar-refractivity contribution in [2.45, 2.75) is 154 Å². The van der Waals surface area contributed by atoms with Crippen LogP contribution in [0.2, 0.25) is 0 Å². The highest BCUT2D eigenvalue weighted by molar-refractivity contribution is 5.89. The highest BCUT2D eigenvalue weighted by atomic mass is 17.3. The van der Waals surface area contributed by atoms with E-state index in [1.165, 1.54) is 0 Å². The van der Waals surface area contributed by atoms with Gasteiger partial charge in [-0.3, -0.25) is 0 Å². The number of fused-ring (bicyclic) bond motifs is 4. The number of nitrogens with zero attached hydrogens (tertiary/aromatic N) is 1. The van der Waals surface area contributed by atoms with E-state index in [4.69, 9.17) is 48.5 Å². The molecule has 0 radical (unpaired) electrons. The summed E-state index contributed by atoms with van der Waals surface area (Å²) in [5.41, 5.74) is 0.505. The third kappa shape index (κ3) is 4.67. The summed E-state index contributed by atoms with van der Waals surface area (Å²) < 4.78 is 27.4. The molecule has 10 heteroatoms. The molecule has 16 atom stereocenters. The third-order valence-electron chi connectivity index (χ3n) is 13.7. The maximum absolute atomic E-state index is 7.05. The van der Waals surface area contributed by atoms with Gasteiger partial charge >= 0.3 is 0 Å². The molecule has 46 heavy (non-hydrogen) atoms. The molecular formula is C36H55NO9. The fraction of sp³-hybridized carbons (Fsp3) is 0.917. The van der Waals surface area contributed by atoms with Gasteiger partial charge in [-0.2, -0.15) is 0 Å². The van der Waals surface area contributed by atoms with Crippen LogP contribution in [0.3, 0.4) is 0 Å². The van der Waals surface area contributed by atoms with E-state index in [2.05, 4.69) is 34.3 Å². The maximum Gasteiger partial charge on any atom is 0.201 e. The molecular weight excluding hydrogens is 590 g/mol. The van der Waals surface area contributed by atoms with E-state index >= 15 is 0 Å². The van der Waals surface area contributed by atoms with Gasteiger partial charge in [0.25, 0.3) is 0 Å². The zero-order chi connectivity index (χ0) is 32.2. The van der Waals surface area contributed by atoms with Crippen molar-refractivity contribution in [3.63, 3.8) is 0 Å². The summed E-state index contributed by atoms with van der Waals surface area (Å²) in [5.74, 6) is 0.676. The molecule has 2 aliphatic carbocycles. The highest BCUT2D eigenvalue weighted by Gasteiger charge is 2.71. The molecule has 258 valence electrons. The molecule has 10 aliphatic rings. The Bertz CT molecular complexity index is 1250. The molecule has 8 saturated heterocycles. The molecule has 10 nitrogen and oxygen atoms in total. The average molecular weight is 646 g/mol.